The second-order valence-corrected chi connectivity index (χ2v) is 10.7. The van der Waals surface area contributed by atoms with Gasteiger partial charge in [-0.05, 0) is 81.3 Å². The third-order valence-corrected chi connectivity index (χ3v) is 8.27. The van der Waals surface area contributed by atoms with Crippen molar-refractivity contribution in [2.45, 2.75) is 51.1 Å². The van der Waals surface area contributed by atoms with Crippen LogP contribution in [0.1, 0.15) is 55.3 Å². The Hall–Kier alpha value is -2.68. The zero-order chi connectivity index (χ0) is 26.0. The number of halogens is 4. The molecule has 37 heavy (non-hydrogen) atoms. The maximum absolute atomic E-state index is 14.7. The first kappa shape index (κ1) is 25.9. The number of hydrogen-bond donors (Lipinski definition) is 0. The molecule has 0 radical (unpaired) electrons. The van der Waals surface area contributed by atoms with Crippen LogP contribution >= 0.6 is 0 Å². The van der Waals surface area contributed by atoms with Gasteiger partial charge in [0.1, 0.15) is 5.82 Å². The fourth-order valence-corrected chi connectivity index (χ4v) is 5.67. The first-order chi connectivity index (χ1) is 17.7. The van der Waals surface area contributed by atoms with Gasteiger partial charge in [-0.1, -0.05) is 12.5 Å². The summed E-state index contributed by atoms with van der Waals surface area (Å²) < 4.78 is 61.0. The van der Waals surface area contributed by atoms with Gasteiger partial charge in [0.25, 0.3) is 5.91 Å². The minimum Gasteiger partial charge on any atom is -0.477 e. The van der Waals surface area contributed by atoms with Crippen LogP contribution in [0.15, 0.2) is 36.5 Å². The van der Waals surface area contributed by atoms with Gasteiger partial charge in [-0.2, -0.15) is 13.2 Å². The third-order valence-electron chi connectivity index (χ3n) is 8.27. The SMILES string of the molecule is O=C(c1ccc(-c2ccc(OCC3CCN(CC4(C(F)(F)F)CCC4)CC3)nc2)cc1F)N1CCCC1. The molecule has 3 aliphatic rings. The number of amides is 1. The van der Waals surface area contributed by atoms with E-state index in [1.165, 1.54) is 12.1 Å². The molecular formula is C28H33F4N3O2. The largest absolute Gasteiger partial charge is 0.477 e. The lowest BCUT2D eigenvalue weighted by Gasteiger charge is -2.47. The van der Waals surface area contributed by atoms with Gasteiger partial charge in [-0.25, -0.2) is 9.37 Å². The molecule has 1 aromatic heterocycles. The molecule has 1 aliphatic carbocycles. The molecule has 200 valence electrons. The highest BCUT2D eigenvalue weighted by Gasteiger charge is 2.58. The number of nitrogens with zero attached hydrogens (tertiary/aromatic N) is 3. The molecule has 0 atom stereocenters. The van der Waals surface area contributed by atoms with E-state index in [9.17, 15) is 22.4 Å². The average molecular weight is 520 g/mol. The summed E-state index contributed by atoms with van der Waals surface area (Å²) in [5, 5.41) is 0. The van der Waals surface area contributed by atoms with E-state index in [4.69, 9.17) is 4.74 Å². The van der Waals surface area contributed by atoms with Gasteiger partial charge in [0.2, 0.25) is 5.88 Å². The molecule has 0 spiro atoms. The summed E-state index contributed by atoms with van der Waals surface area (Å²) in [6.45, 7) is 3.22. The van der Waals surface area contributed by atoms with Gasteiger partial charge in [0.15, 0.2) is 0 Å². The van der Waals surface area contributed by atoms with Crippen molar-refractivity contribution in [1.82, 2.24) is 14.8 Å². The summed E-state index contributed by atoms with van der Waals surface area (Å²) in [6, 6.07) is 8.15. The molecule has 3 fully saturated rings. The monoisotopic (exact) mass is 519 g/mol. The Bertz CT molecular complexity index is 1090. The molecule has 2 aromatic rings. The minimum atomic E-state index is -4.12. The number of hydrogen-bond acceptors (Lipinski definition) is 4. The van der Waals surface area contributed by atoms with E-state index in [1.807, 2.05) is 4.90 Å². The van der Waals surface area contributed by atoms with Gasteiger partial charge in [-0.3, -0.25) is 4.79 Å². The Morgan fingerprint density at radius 3 is 2.27 bits per heavy atom. The molecule has 9 heteroatoms. The van der Waals surface area contributed by atoms with E-state index >= 15 is 0 Å². The fraction of sp³-hybridized carbons (Fsp3) is 0.571. The summed E-state index contributed by atoms with van der Waals surface area (Å²) in [5.41, 5.74) is -0.0700. The smallest absolute Gasteiger partial charge is 0.395 e. The number of carbonyl (C=O) groups is 1. The Balaban J connectivity index is 1.10. The number of ether oxygens (including phenoxy) is 1. The molecule has 2 aliphatic heterocycles. The first-order valence-electron chi connectivity index (χ1n) is 13.2. The van der Waals surface area contributed by atoms with Crippen LogP contribution in [0.25, 0.3) is 11.1 Å². The third kappa shape index (κ3) is 5.61. The number of pyridine rings is 1. The van der Waals surface area contributed by atoms with Crippen molar-refractivity contribution in [3.8, 4) is 17.0 Å². The van der Waals surface area contributed by atoms with Crippen molar-refractivity contribution >= 4 is 5.91 Å². The maximum atomic E-state index is 14.7. The van der Waals surface area contributed by atoms with Crippen LogP contribution in [0.5, 0.6) is 5.88 Å². The lowest BCUT2D eigenvalue weighted by atomic mass is 9.67. The molecule has 0 unspecified atom stereocenters. The lowest BCUT2D eigenvalue weighted by Crippen LogP contribution is -2.53. The molecule has 1 aromatic carbocycles. The van der Waals surface area contributed by atoms with Crippen LogP contribution in [0.3, 0.4) is 0 Å². The second kappa shape index (κ2) is 10.6. The van der Waals surface area contributed by atoms with Gasteiger partial charge >= 0.3 is 6.18 Å². The maximum Gasteiger partial charge on any atom is 0.395 e. The molecule has 0 N–H and O–H groups in total. The van der Waals surface area contributed by atoms with Crippen LogP contribution in [-0.2, 0) is 0 Å². The highest BCUT2D eigenvalue weighted by atomic mass is 19.4. The molecule has 2 saturated heterocycles. The van der Waals surface area contributed by atoms with Gasteiger partial charge in [-0.15, -0.1) is 0 Å². The first-order valence-corrected chi connectivity index (χ1v) is 13.2. The number of aromatic nitrogens is 1. The average Bonchev–Trinajstić information content (AvgIpc) is 3.40. The van der Waals surface area contributed by atoms with Crippen molar-refractivity contribution < 1.29 is 27.1 Å². The molecule has 5 rings (SSSR count). The predicted molar refractivity (Wildman–Crippen MR) is 132 cm³/mol. The van der Waals surface area contributed by atoms with Crippen molar-refractivity contribution in [3.63, 3.8) is 0 Å². The Labute approximate surface area is 214 Å². The molecule has 1 amide bonds. The number of rotatable bonds is 7. The van der Waals surface area contributed by atoms with Crippen LogP contribution in [0, 0.1) is 17.2 Å². The molecule has 5 nitrogen and oxygen atoms in total. The van der Waals surface area contributed by atoms with Crippen molar-refractivity contribution in [3.05, 3.63) is 47.9 Å². The zero-order valence-corrected chi connectivity index (χ0v) is 20.9. The van der Waals surface area contributed by atoms with E-state index < -0.39 is 17.4 Å². The summed E-state index contributed by atoms with van der Waals surface area (Å²) >= 11 is 0. The topological polar surface area (TPSA) is 45.7 Å². The summed E-state index contributed by atoms with van der Waals surface area (Å²) in [7, 11) is 0. The van der Waals surface area contributed by atoms with Gasteiger partial charge in [0.05, 0.1) is 17.6 Å². The van der Waals surface area contributed by atoms with Crippen molar-refractivity contribution in [2.75, 3.05) is 39.3 Å². The number of benzene rings is 1. The van der Waals surface area contributed by atoms with E-state index in [0.717, 1.165) is 25.7 Å². The highest BCUT2D eigenvalue weighted by Crippen LogP contribution is 2.53. The van der Waals surface area contributed by atoms with E-state index in [0.29, 0.717) is 56.2 Å². The quantitative estimate of drug-likeness (QED) is 0.425. The van der Waals surface area contributed by atoms with Crippen LogP contribution in [0.2, 0.25) is 0 Å². The standard InChI is InChI=1S/C28H33F4N3O2/c29-24-16-21(4-6-23(24)26(36)35-12-1-2-13-35)22-5-7-25(33-17-22)37-18-20-8-14-34(15-9-20)19-27(10-3-11-27)28(30,31)32/h4-7,16-17,20H,1-3,8-15,18-19H2. The summed E-state index contributed by atoms with van der Waals surface area (Å²) in [5.74, 6) is -0.0783. The molecule has 3 heterocycles. The van der Waals surface area contributed by atoms with Crippen LogP contribution < -0.4 is 4.74 Å². The summed E-state index contributed by atoms with van der Waals surface area (Å²) in [6.07, 6.45) is 2.14. The second-order valence-electron chi connectivity index (χ2n) is 10.7. The summed E-state index contributed by atoms with van der Waals surface area (Å²) in [4.78, 5) is 20.5. The zero-order valence-electron chi connectivity index (χ0n) is 20.9. The van der Waals surface area contributed by atoms with E-state index in [2.05, 4.69) is 4.98 Å². The normalized spacial score (nSPS) is 20.6. The lowest BCUT2D eigenvalue weighted by molar-refractivity contribution is -0.256. The highest BCUT2D eigenvalue weighted by molar-refractivity contribution is 5.95. The molecule has 0 bridgehead atoms. The van der Waals surface area contributed by atoms with Crippen LogP contribution in [0.4, 0.5) is 17.6 Å². The van der Waals surface area contributed by atoms with E-state index in [-0.39, 0.29) is 36.8 Å². The van der Waals surface area contributed by atoms with Gasteiger partial charge < -0.3 is 14.5 Å². The van der Waals surface area contributed by atoms with Crippen molar-refractivity contribution in [2.24, 2.45) is 11.3 Å². The number of alkyl halides is 3. The Morgan fingerprint density at radius 1 is 1.00 bits per heavy atom. The van der Waals surface area contributed by atoms with Crippen LogP contribution in [-0.4, -0.2) is 66.2 Å². The van der Waals surface area contributed by atoms with Crippen molar-refractivity contribution in [1.29, 1.82) is 0 Å². The van der Waals surface area contributed by atoms with E-state index in [1.54, 1.807) is 29.3 Å². The Kier molecular flexibility index (Phi) is 7.43. The fourth-order valence-electron chi connectivity index (χ4n) is 5.67. The predicted octanol–water partition coefficient (Wildman–Crippen LogP) is 5.95. The molecular weight excluding hydrogens is 486 g/mol. The Morgan fingerprint density at radius 2 is 1.70 bits per heavy atom. The molecule has 1 saturated carbocycles. The van der Waals surface area contributed by atoms with Gasteiger partial charge in [0, 0.05) is 37.5 Å². The number of piperidine rings is 1. The minimum absolute atomic E-state index is 0.0888. The number of likely N-dealkylation sites (tertiary alicyclic amines) is 2. The number of carbonyl (C=O) groups excluding carboxylic acids is 1.